The maximum absolute atomic E-state index is 13.3. The SMILES string of the molecule is Cc1ccc(Cn2c(SC(C)C(=O)Nc3ccccc3)nc3ccccc3c2=O)cc1. The molecule has 0 saturated carbocycles. The van der Waals surface area contributed by atoms with Crippen LogP contribution >= 0.6 is 11.8 Å². The van der Waals surface area contributed by atoms with E-state index in [1.165, 1.54) is 11.8 Å². The number of thioether (sulfide) groups is 1. The van der Waals surface area contributed by atoms with Crippen molar-refractivity contribution in [2.24, 2.45) is 0 Å². The van der Waals surface area contributed by atoms with Crippen molar-refractivity contribution in [2.75, 3.05) is 5.32 Å². The third-order valence-corrected chi connectivity index (χ3v) is 6.07. The van der Waals surface area contributed by atoms with Crippen LogP contribution in [0.3, 0.4) is 0 Å². The normalized spacial score (nSPS) is 11.9. The lowest BCUT2D eigenvalue weighted by Crippen LogP contribution is -2.27. The first-order valence-corrected chi connectivity index (χ1v) is 11.0. The Hall–Kier alpha value is -3.38. The van der Waals surface area contributed by atoms with E-state index in [1.807, 2.05) is 86.6 Å². The van der Waals surface area contributed by atoms with E-state index in [4.69, 9.17) is 4.98 Å². The van der Waals surface area contributed by atoms with Gasteiger partial charge in [-0.2, -0.15) is 0 Å². The van der Waals surface area contributed by atoms with Crippen LogP contribution in [0.25, 0.3) is 10.9 Å². The second-order valence-electron chi connectivity index (χ2n) is 7.40. The van der Waals surface area contributed by atoms with Crippen molar-refractivity contribution >= 4 is 34.3 Å². The van der Waals surface area contributed by atoms with Gasteiger partial charge in [-0.1, -0.05) is 71.9 Å². The zero-order chi connectivity index (χ0) is 21.8. The Kier molecular flexibility index (Phi) is 6.18. The van der Waals surface area contributed by atoms with Crippen LogP contribution in [0.4, 0.5) is 5.69 Å². The lowest BCUT2D eigenvalue weighted by Gasteiger charge is -2.16. The maximum atomic E-state index is 13.3. The third kappa shape index (κ3) is 4.86. The van der Waals surface area contributed by atoms with Gasteiger partial charge in [-0.25, -0.2) is 4.98 Å². The molecule has 156 valence electrons. The van der Waals surface area contributed by atoms with Crippen LogP contribution in [0, 0.1) is 6.92 Å². The minimum Gasteiger partial charge on any atom is -0.325 e. The van der Waals surface area contributed by atoms with Crippen LogP contribution in [0.15, 0.2) is 88.8 Å². The second-order valence-corrected chi connectivity index (χ2v) is 8.71. The van der Waals surface area contributed by atoms with Crippen molar-refractivity contribution in [3.63, 3.8) is 0 Å². The summed E-state index contributed by atoms with van der Waals surface area (Å²) in [5.41, 5.74) is 3.43. The summed E-state index contributed by atoms with van der Waals surface area (Å²) in [6, 6.07) is 24.7. The second kappa shape index (κ2) is 9.18. The van der Waals surface area contributed by atoms with E-state index in [0.29, 0.717) is 22.6 Å². The Labute approximate surface area is 185 Å². The molecule has 0 fully saturated rings. The number of hydrogen-bond donors (Lipinski definition) is 1. The van der Waals surface area contributed by atoms with Crippen LogP contribution in [0.5, 0.6) is 0 Å². The fourth-order valence-electron chi connectivity index (χ4n) is 3.23. The summed E-state index contributed by atoms with van der Waals surface area (Å²) in [6.45, 7) is 4.24. The van der Waals surface area contributed by atoms with Gasteiger partial charge in [0.1, 0.15) is 0 Å². The Morgan fingerprint density at radius 1 is 1.00 bits per heavy atom. The van der Waals surface area contributed by atoms with Crippen LogP contribution in [-0.4, -0.2) is 20.7 Å². The molecule has 0 aliphatic carbocycles. The summed E-state index contributed by atoms with van der Waals surface area (Å²) in [6.07, 6.45) is 0. The van der Waals surface area contributed by atoms with Crippen molar-refractivity contribution < 1.29 is 4.79 Å². The lowest BCUT2D eigenvalue weighted by molar-refractivity contribution is -0.115. The van der Waals surface area contributed by atoms with Gasteiger partial charge in [0.25, 0.3) is 5.56 Å². The monoisotopic (exact) mass is 429 g/mol. The largest absolute Gasteiger partial charge is 0.325 e. The van der Waals surface area contributed by atoms with Gasteiger partial charge in [0.05, 0.1) is 22.7 Å². The Morgan fingerprint density at radius 3 is 2.42 bits per heavy atom. The van der Waals surface area contributed by atoms with Gasteiger partial charge in [-0.3, -0.25) is 14.2 Å². The summed E-state index contributed by atoms with van der Waals surface area (Å²) >= 11 is 1.29. The van der Waals surface area contributed by atoms with E-state index in [1.54, 1.807) is 10.6 Å². The molecule has 4 aromatic rings. The summed E-state index contributed by atoms with van der Waals surface area (Å²) in [5, 5.41) is 3.58. The number of aryl methyl sites for hydroxylation is 1. The molecular formula is C25H23N3O2S. The molecule has 1 atom stereocenters. The number of nitrogens with zero attached hydrogens (tertiary/aromatic N) is 2. The smallest absolute Gasteiger partial charge is 0.262 e. The average Bonchev–Trinajstić information content (AvgIpc) is 2.78. The van der Waals surface area contributed by atoms with Crippen molar-refractivity contribution in [3.8, 4) is 0 Å². The molecule has 0 saturated heterocycles. The number of carbonyl (C=O) groups is 1. The molecule has 4 rings (SSSR count). The molecule has 0 aliphatic rings. The van der Waals surface area contributed by atoms with Crippen molar-refractivity contribution in [1.82, 2.24) is 9.55 Å². The Balaban J connectivity index is 1.67. The topological polar surface area (TPSA) is 64.0 Å². The van der Waals surface area contributed by atoms with Gasteiger partial charge in [0.2, 0.25) is 5.91 Å². The molecule has 0 radical (unpaired) electrons. The number of carbonyl (C=O) groups excluding carboxylic acids is 1. The Bertz CT molecular complexity index is 1270. The predicted octanol–water partition coefficient (Wildman–Crippen LogP) is 4.87. The standard InChI is InChI=1S/C25H23N3O2S/c1-17-12-14-19(15-13-17)16-28-24(30)21-10-6-7-11-22(21)27-25(28)31-18(2)23(29)26-20-8-4-3-5-9-20/h3-15,18H,16H2,1-2H3,(H,26,29). The number of aromatic nitrogens is 2. The van der Waals surface area contributed by atoms with Gasteiger partial charge in [-0.15, -0.1) is 0 Å². The van der Waals surface area contributed by atoms with Crippen molar-refractivity contribution in [1.29, 1.82) is 0 Å². The van der Waals surface area contributed by atoms with E-state index in [2.05, 4.69) is 5.32 Å². The molecule has 31 heavy (non-hydrogen) atoms. The van der Waals surface area contributed by atoms with Gasteiger partial charge in [0.15, 0.2) is 5.16 Å². The summed E-state index contributed by atoms with van der Waals surface area (Å²) in [5.74, 6) is -0.138. The first kappa shape index (κ1) is 20.9. The first-order chi connectivity index (χ1) is 15.0. The van der Waals surface area contributed by atoms with E-state index >= 15 is 0 Å². The molecule has 6 heteroatoms. The molecule has 1 unspecified atom stereocenters. The van der Waals surface area contributed by atoms with Crippen LogP contribution in [0.1, 0.15) is 18.1 Å². The van der Waals surface area contributed by atoms with Gasteiger partial charge < -0.3 is 5.32 Å². The van der Waals surface area contributed by atoms with E-state index in [-0.39, 0.29) is 11.5 Å². The van der Waals surface area contributed by atoms with Crippen LogP contribution < -0.4 is 10.9 Å². The third-order valence-electron chi connectivity index (χ3n) is 4.98. The van der Waals surface area contributed by atoms with Gasteiger partial charge in [-0.05, 0) is 43.7 Å². The number of rotatable bonds is 6. The zero-order valence-electron chi connectivity index (χ0n) is 17.4. The molecule has 0 aliphatic heterocycles. The minimum absolute atomic E-state index is 0.107. The molecule has 0 bridgehead atoms. The highest BCUT2D eigenvalue weighted by Crippen LogP contribution is 2.24. The predicted molar refractivity (Wildman–Crippen MR) is 127 cm³/mol. The summed E-state index contributed by atoms with van der Waals surface area (Å²) in [4.78, 5) is 30.7. The molecule has 0 spiro atoms. The summed E-state index contributed by atoms with van der Waals surface area (Å²) in [7, 11) is 0. The van der Waals surface area contributed by atoms with Crippen molar-refractivity contribution in [3.05, 3.63) is 100 Å². The van der Waals surface area contributed by atoms with Gasteiger partial charge >= 0.3 is 0 Å². The molecule has 3 aromatic carbocycles. The molecule has 1 N–H and O–H groups in total. The fraction of sp³-hybridized carbons (Fsp3) is 0.160. The van der Waals surface area contributed by atoms with Crippen LogP contribution in [0.2, 0.25) is 0 Å². The highest BCUT2D eigenvalue weighted by Gasteiger charge is 2.20. The van der Waals surface area contributed by atoms with E-state index < -0.39 is 5.25 Å². The number of anilines is 1. The maximum Gasteiger partial charge on any atom is 0.262 e. The summed E-state index contributed by atoms with van der Waals surface area (Å²) < 4.78 is 1.66. The quantitative estimate of drug-likeness (QED) is 0.351. The molecule has 5 nitrogen and oxygen atoms in total. The molecule has 1 heterocycles. The number of benzene rings is 3. The molecule has 1 amide bonds. The fourth-order valence-corrected chi connectivity index (χ4v) is 4.14. The van der Waals surface area contributed by atoms with Crippen molar-refractivity contribution in [2.45, 2.75) is 30.8 Å². The number of nitrogens with one attached hydrogen (secondary N) is 1. The Morgan fingerprint density at radius 2 is 1.68 bits per heavy atom. The molecule has 1 aromatic heterocycles. The van der Waals surface area contributed by atoms with E-state index in [0.717, 1.165) is 16.8 Å². The number of hydrogen-bond acceptors (Lipinski definition) is 4. The lowest BCUT2D eigenvalue weighted by atomic mass is 10.1. The highest BCUT2D eigenvalue weighted by atomic mass is 32.2. The number of para-hydroxylation sites is 2. The molecular weight excluding hydrogens is 406 g/mol. The minimum atomic E-state index is -0.433. The number of fused-ring (bicyclic) bond motifs is 1. The first-order valence-electron chi connectivity index (χ1n) is 10.1. The highest BCUT2D eigenvalue weighted by molar-refractivity contribution is 8.00. The number of amides is 1. The average molecular weight is 430 g/mol. The zero-order valence-corrected chi connectivity index (χ0v) is 18.2. The van der Waals surface area contributed by atoms with E-state index in [9.17, 15) is 9.59 Å². The van der Waals surface area contributed by atoms with Gasteiger partial charge in [0, 0.05) is 5.69 Å². The van der Waals surface area contributed by atoms with Crippen LogP contribution in [-0.2, 0) is 11.3 Å².